The van der Waals surface area contributed by atoms with Crippen molar-refractivity contribution < 1.29 is 0 Å². The highest BCUT2D eigenvalue weighted by Gasteiger charge is 2.41. The van der Waals surface area contributed by atoms with Crippen LogP contribution in [0.5, 0.6) is 0 Å². The van der Waals surface area contributed by atoms with Crippen LogP contribution in [0.2, 0.25) is 0 Å². The molecule has 6 aromatic rings. The van der Waals surface area contributed by atoms with Crippen LogP contribution in [0.3, 0.4) is 0 Å². The Bertz CT molecular complexity index is 2580. The Labute approximate surface area is 348 Å². The van der Waals surface area contributed by atoms with E-state index in [0.717, 1.165) is 17.1 Å². The van der Waals surface area contributed by atoms with E-state index < -0.39 is 0 Å². The Hall–Kier alpha value is -5.08. The van der Waals surface area contributed by atoms with Gasteiger partial charge in [0.1, 0.15) is 0 Å². The van der Waals surface area contributed by atoms with E-state index in [2.05, 4.69) is 208 Å². The van der Waals surface area contributed by atoms with E-state index in [-0.39, 0.29) is 27.1 Å². The van der Waals surface area contributed by atoms with Gasteiger partial charge in [-0.2, -0.15) is 0 Å². The first-order valence-electron chi connectivity index (χ1n) is 21.7. The first kappa shape index (κ1) is 38.4. The van der Waals surface area contributed by atoms with Crippen molar-refractivity contribution >= 4 is 28.4 Å². The number of hydrogen-bond donors (Lipinski definition) is 1. The smallest absolute Gasteiger partial charge is 0.0543 e. The second-order valence-electron chi connectivity index (χ2n) is 21.0. The summed E-state index contributed by atoms with van der Waals surface area (Å²) in [5, 5.41) is 3.99. The fourth-order valence-electron chi connectivity index (χ4n) is 10.8. The van der Waals surface area contributed by atoms with Crippen molar-refractivity contribution in [3.63, 3.8) is 0 Å². The molecule has 0 bridgehead atoms. The summed E-state index contributed by atoms with van der Waals surface area (Å²) in [6.07, 6.45) is 4.71. The van der Waals surface area contributed by atoms with Crippen LogP contribution < -0.4 is 10.2 Å². The number of fused-ring (bicyclic) bond motifs is 5. The zero-order valence-electron chi connectivity index (χ0n) is 36.8. The Morgan fingerprint density at radius 1 is 0.448 bits per heavy atom. The third kappa shape index (κ3) is 6.21. The van der Waals surface area contributed by atoms with E-state index >= 15 is 0 Å². The van der Waals surface area contributed by atoms with Gasteiger partial charge >= 0.3 is 0 Å². The Balaban J connectivity index is 1.29. The summed E-state index contributed by atoms with van der Waals surface area (Å²) in [6.45, 7) is 26.5. The molecule has 0 fully saturated rings. The lowest BCUT2D eigenvalue weighted by molar-refractivity contribution is 0.332. The summed E-state index contributed by atoms with van der Waals surface area (Å²) >= 11 is 0. The Morgan fingerprint density at radius 2 is 1.03 bits per heavy atom. The zero-order chi connectivity index (χ0) is 41.0. The maximum Gasteiger partial charge on any atom is 0.0543 e. The monoisotopic (exact) mass is 762 g/mol. The molecule has 2 heteroatoms. The second kappa shape index (κ2) is 13.2. The van der Waals surface area contributed by atoms with Gasteiger partial charge in [0.25, 0.3) is 0 Å². The number of benzene rings is 6. The van der Waals surface area contributed by atoms with E-state index in [1.54, 1.807) is 0 Å². The minimum absolute atomic E-state index is 0.0550. The number of nitrogens with one attached hydrogen (secondary N) is 1. The average molecular weight is 763 g/mol. The Morgan fingerprint density at radius 3 is 1.72 bits per heavy atom. The largest absolute Gasteiger partial charge is 0.355 e. The van der Waals surface area contributed by atoms with Crippen LogP contribution in [0.15, 0.2) is 121 Å². The maximum absolute atomic E-state index is 3.99. The Kier molecular flexibility index (Phi) is 8.76. The number of nitrogens with zero attached hydrogens (tertiary/aromatic N) is 1. The van der Waals surface area contributed by atoms with Crippen molar-refractivity contribution in [3.8, 4) is 22.3 Å². The predicted octanol–water partition coefficient (Wildman–Crippen LogP) is 15.9. The number of hydrogen-bond acceptors (Lipinski definition) is 2. The van der Waals surface area contributed by atoms with Crippen LogP contribution in [0.4, 0.5) is 28.4 Å². The molecule has 58 heavy (non-hydrogen) atoms. The van der Waals surface area contributed by atoms with Crippen LogP contribution in [-0.2, 0) is 27.1 Å². The van der Waals surface area contributed by atoms with E-state index in [1.165, 1.54) is 98.3 Å². The molecule has 0 radical (unpaired) electrons. The van der Waals surface area contributed by atoms with Crippen LogP contribution in [0, 0.1) is 6.92 Å². The molecule has 3 aliphatic carbocycles. The molecule has 0 aliphatic heterocycles. The molecular formula is C56H62N2. The zero-order valence-corrected chi connectivity index (χ0v) is 36.8. The molecule has 6 aromatic carbocycles. The van der Waals surface area contributed by atoms with E-state index in [0.29, 0.717) is 0 Å². The lowest BCUT2D eigenvalue weighted by Crippen LogP contribution is -2.34. The highest BCUT2D eigenvalue weighted by molar-refractivity contribution is 5.93. The van der Waals surface area contributed by atoms with Crippen molar-refractivity contribution in [1.82, 2.24) is 0 Å². The van der Waals surface area contributed by atoms with Crippen molar-refractivity contribution in [3.05, 3.63) is 160 Å². The van der Waals surface area contributed by atoms with Gasteiger partial charge in [-0.1, -0.05) is 142 Å². The summed E-state index contributed by atoms with van der Waals surface area (Å²) in [5.41, 5.74) is 21.2. The lowest BCUT2D eigenvalue weighted by atomic mass is 9.62. The molecule has 0 saturated carbocycles. The fourth-order valence-corrected chi connectivity index (χ4v) is 10.8. The van der Waals surface area contributed by atoms with Crippen LogP contribution in [0.1, 0.15) is 134 Å². The lowest BCUT2D eigenvalue weighted by Gasteiger charge is -2.44. The van der Waals surface area contributed by atoms with Crippen molar-refractivity contribution in [1.29, 1.82) is 0 Å². The summed E-state index contributed by atoms with van der Waals surface area (Å²) in [5.74, 6) is 0. The number of anilines is 5. The van der Waals surface area contributed by atoms with E-state index in [9.17, 15) is 0 Å². The molecule has 0 amide bonds. The number of aryl methyl sites for hydroxylation is 1. The summed E-state index contributed by atoms with van der Waals surface area (Å²) in [4.78, 5) is 2.59. The highest BCUT2D eigenvalue weighted by atomic mass is 15.1. The fraction of sp³-hybridized carbons (Fsp3) is 0.357. The third-order valence-electron chi connectivity index (χ3n) is 14.6. The molecule has 296 valence electrons. The van der Waals surface area contributed by atoms with Gasteiger partial charge in [0, 0.05) is 39.3 Å². The standard InChI is InChI=1S/C56H62N2/c1-36-30-38(57-49-23-17-22-45-51(49)41-20-15-16-21-43(41)56(45,10)11)32-40(31-36)58(39-24-25-44-46(33-39)53(4,5)27-26-52(44,2)3)50-35-48-47(54(6,7)28-29-55(48,8)9)34-42(50)37-18-13-12-14-19-37/h12-25,30-35,57H,26-29H2,1-11H3. The van der Waals surface area contributed by atoms with Crippen LogP contribution in [0.25, 0.3) is 22.3 Å². The van der Waals surface area contributed by atoms with Gasteiger partial charge in [0.15, 0.2) is 0 Å². The molecule has 0 atom stereocenters. The summed E-state index contributed by atoms with van der Waals surface area (Å²) in [7, 11) is 0. The first-order chi connectivity index (χ1) is 27.4. The summed E-state index contributed by atoms with van der Waals surface area (Å²) in [6, 6.07) is 46.4. The molecule has 0 aromatic heterocycles. The van der Waals surface area contributed by atoms with Gasteiger partial charge in [0.2, 0.25) is 0 Å². The minimum atomic E-state index is -0.0599. The third-order valence-corrected chi connectivity index (χ3v) is 14.6. The summed E-state index contributed by atoms with van der Waals surface area (Å²) < 4.78 is 0. The van der Waals surface area contributed by atoms with Gasteiger partial charge in [-0.25, -0.2) is 0 Å². The minimum Gasteiger partial charge on any atom is -0.355 e. The van der Waals surface area contributed by atoms with E-state index in [4.69, 9.17) is 0 Å². The van der Waals surface area contributed by atoms with Crippen molar-refractivity contribution in [2.45, 2.75) is 129 Å². The molecule has 0 spiro atoms. The van der Waals surface area contributed by atoms with Gasteiger partial charge in [-0.15, -0.1) is 0 Å². The van der Waals surface area contributed by atoms with Crippen molar-refractivity contribution in [2.24, 2.45) is 0 Å². The highest BCUT2D eigenvalue weighted by Crippen LogP contribution is 2.55. The molecule has 0 heterocycles. The molecule has 0 unspecified atom stereocenters. The molecule has 3 aliphatic rings. The van der Waals surface area contributed by atoms with Gasteiger partial charge in [-0.3, -0.25) is 0 Å². The predicted molar refractivity (Wildman–Crippen MR) is 249 cm³/mol. The molecule has 1 N–H and O–H groups in total. The average Bonchev–Trinajstić information content (AvgIpc) is 3.42. The van der Waals surface area contributed by atoms with E-state index in [1.807, 2.05) is 0 Å². The molecule has 9 rings (SSSR count). The molecule has 2 nitrogen and oxygen atoms in total. The maximum atomic E-state index is 3.99. The van der Waals surface area contributed by atoms with Crippen LogP contribution >= 0.6 is 0 Å². The topological polar surface area (TPSA) is 15.3 Å². The first-order valence-corrected chi connectivity index (χ1v) is 21.7. The molecular weight excluding hydrogens is 701 g/mol. The van der Waals surface area contributed by atoms with Crippen molar-refractivity contribution in [2.75, 3.05) is 10.2 Å². The SMILES string of the molecule is Cc1cc(Nc2cccc3c2-c2ccccc2C3(C)C)cc(N(c2ccc3c(c2)C(C)(C)CCC3(C)C)c2cc3c(cc2-c2ccccc2)C(C)(C)CCC3(C)C)c1. The van der Waals surface area contributed by atoms with Gasteiger partial charge < -0.3 is 10.2 Å². The second-order valence-corrected chi connectivity index (χ2v) is 21.0. The van der Waals surface area contributed by atoms with Gasteiger partial charge in [-0.05, 0) is 153 Å². The number of rotatable bonds is 6. The van der Waals surface area contributed by atoms with Gasteiger partial charge in [0.05, 0.1) is 5.69 Å². The normalized spacial score (nSPS) is 18.7. The quantitative estimate of drug-likeness (QED) is 0.182. The molecule has 0 saturated heterocycles. The van der Waals surface area contributed by atoms with Crippen LogP contribution in [-0.4, -0.2) is 0 Å².